The fourth-order valence-electron chi connectivity index (χ4n) is 2.02. The summed E-state index contributed by atoms with van der Waals surface area (Å²) >= 11 is 1.35. The van der Waals surface area contributed by atoms with Crippen LogP contribution in [0.5, 0.6) is 0 Å². The highest BCUT2D eigenvalue weighted by atomic mass is 32.1. The second-order valence-corrected chi connectivity index (χ2v) is 5.65. The molecule has 1 unspecified atom stereocenters. The van der Waals surface area contributed by atoms with Crippen molar-refractivity contribution in [3.05, 3.63) is 27.6 Å². The van der Waals surface area contributed by atoms with E-state index in [-0.39, 0.29) is 18.0 Å². The number of thiophene rings is 1. The van der Waals surface area contributed by atoms with Gasteiger partial charge in [-0.2, -0.15) is 0 Å². The monoisotopic (exact) mass is 294 g/mol. The smallest absolute Gasteiger partial charge is 0.268 e. The highest BCUT2D eigenvalue weighted by Gasteiger charge is 2.18. The Morgan fingerprint density at radius 1 is 1.60 bits per heavy atom. The number of hydrogen-bond donors (Lipinski definition) is 2. The molecule has 2 rings (SSSR count). The lowest BCUT2D eigenvalue weighted by Gasteiger charge is -2.20. The molecule has 0 saturated heterocycles. The quantitative estimate of drug-likeness (QED) is 0.862. The van der Waals surface area contributed by atoms with Crippen molar-refractivity contribution in [1.82, 2.24) is 14.9 Å². The molecule has 0 spiro atoms. The molecule has 1 atom stereocenters. The van der Waals surface area contributed by atoms with Gasteiger partial charge < -0.3 is 15.6 Å². The van der Waals surface area contributed by atoms with Gasteiger partial charge in [-0.25, -0.2) is 4.98 Å². The minimum Gasteiger partial charge on any atom is -0.337 e. The number of carbonyl (C=O) groups excluding carboxylic acids is 1. The highest BCUT2D eigenvalue weighted by Crippen LogP contribution is 2.14. The summed E-state index contributed by atoms with van der Waals surface area (Å²) < 4.78 is 0.602. The average Bonchev–Trinajstić information content (AvgIpc) is 2.86. The first-order valence-electron chi connectivity index (χ1n) is 6.50. The van der Waals surface area contributed by atoms with E-state index in [9.17, 15) is 9.59 Å². The second kappa shape index (κ2) is 6.15. The number of nitrogens with one attached hydrogen (secondary N) is 1. The Balaban J connectivity index is 2.15. The molecular weight excluding hydrogens is 276 g/mol. The molecule has 6 nitrogen and oxygen atoms in total. The zero-order valence-corrected chi connectivity index (χ0v) is 12.4. The molecule has 0 bridgehead atoms. The molecule has 0 aliphatic carbocycles. The van der Waals surface area contributed by atoms with Crippen LogP contribution in [-0.2, 0) is 11.3 Å². The molecule has 3 N–H and O–H groups in total. The number of aromatic amines is 1. The maximum atomic E-state index is 12.0. The summed E-state index contributed by atoms with van der Waals surface area (Å²) in [6.45, 7) is 2.23. The molecule has 7 heteroatoms. The highest BCUT2D eigenvalue weighted by molar-refractivity contribution is 7.17. The third-order valence-electron chi connectivity index (χ3n) is 3.04. The number of aromatic nitrogens is 2. The lowest BCUT2D eigenvalue weighted by molar-refractivity contribution is -0.132. The second-order valence-electron chi connectivity index (χ2n) is 4.74. The van der Waals surface area contributed by atoms with Crippen LogP contribution in [0, 0.1) is 0 Å². The zero-order chi connectivity index (χ0) is 14.7. The lowest BCUT2D eigenvalue weighted by Crippen LogP contribution is -2.41. The number of H-pyrrole nitrogens is 1. The van der Waals surface area contributed by atoms with E-state index in [2.05, 4.69) is 9.97 Å². The molecule has 2 aromatic rings. The number of rotatable bonds is 5. The van der Waals surface area contributed by atoms with Crippen molar-refractivity contribution in [3.63, 3.8) is 0 Å². The SMILES string of the molecule is CCCC(N)C(=O)N(C)Cc1nc2ccsc2c(=O)[nH]1. The van der Waals surface area contributed by atoms with Gasteiger partial charge in [0.05, 0.1) is 18.1 Å². The molecule has 0 aliphatic rings. The molecule has 0 saturated carbocycles. The standard InChI is InChI=1S/C13H18N4O2S/c1-3-4-8(14)13(19)17(2)7-10-15-9-5-6-20-11(9)12(18)16-10/h5-6,8H,3-4,7,14H2,1-2H3,(H,15,16,18). The van der Waals surface area contributed by atoms with Crippen LogP contribution < -0.4 is 11.3 Å². The fraction of sp³-hybridized carbons (Fsp3) is 0.462. The topological polar surface area (TPSA) is 92.1 Å². The Labute approximate surface area is 120 Å². The first kappa shape index (κ1) is 14.7. The maximum absolute atomic E-state index is 12.0. The zero-order valence-electron chi connectivity index (χ0n) is 11.5. The number of fused-ring (bicyclic) bond motifs is 1. The van der Waals surface area contributed by atoms with Crippen LogP contribution in [0.25, 0.3) is 10.2 Å². The molecule has 2 aromatic heterocycles. The van der Waals surface area contributed by atoms with Gasteiger partial charge in [0, 0.05) is 7.05 Å². The van der Waals surface area contributed by atoms with Gasteiger partial charge in [0.1, 0.15) is 10.5 Å². The summed E-state index contributed by atoms with van der Waals surface area (Å²) in [6.07, 6.45) is 1.51. The van der Waals surface area contributed by atoms with Gasteiger partial charge in [-0.05, 0) is 17.9 Å². The van der Waals surface area contributed by atoms with E-state index < -0.39 is 6.04 Å². The van der Waals surface area contributed by atoms with Crippen molar-refractivity contribution >= 4 is 27.5 Å². The van der Waals surface area contributed by atoms with Gasteiger partial charge in [0.25, 0.3) is 5.56 Å². The van der Waals surface area contributed by atoms with E-state index in [0.717, 1.165) is 6.42 Å². The van der Waals surface area contributed by atoms with Crippen LogP contribution in [0.15, 0.2) is 16.2 Å². The van der Waals surface area contributed by atoms with Gasteiger partial charge in [-0.1, -0.05) is 13.3 Å². The fourth-order valence-corrected chi connectivity index (χ4v) is 2.74. The van der Waals surface area contributed by atoms with Crippen molar-refractivity contribution in [2.24, 2.45) is 5.73 Å². The van der Waals surface area contributed by atoms with Crippen LogP contribution in [0.4, 0.5) is 0 Å². The third-order valence-corrected chi connectivity index (χ3v) is 3.95. The molecular formula is C13H18N4O2S. The van der Waals surface area contributed by atoms with Crippen molar-refractivity contribution in [2.75, 3.05) is 7.05 Å². The van der Waals surface area contributed by atoms with E-state index in [1.54, 1.807) is 13.1 Å². The van der Waals surface area contributed by atoms with Crippen molar-refractivity contribution < 1.29 is 4.79 Å². The Morgan fingerprint density at radius 2 is 2.35 bits per heavy atom. The molecule has 2 heterocycles. The predicted octanol–water partition coefficient (Wildman–Crippen LogP) is 1.07. The Bertz CT molecular complexity index is 664. The lowest BCUT2D eigenvalue weighted by atomic mass is 10.1. The first-order valence-corrected chi connectivity index (χ1v) is 7.37. The van der Waals surface area contributed by atoms with Gasteiger partial charge in [-0.15, -0.1) is 11.3 Å². The van der Waals surface area contributed by atoms with Gasteiger partial charge >= 0.3 is 0 Å². The van der Waals surface area contributed by atoms with Gasteiger partial charge in [-0.3, -0.25) is 9.59 Å². The minimum absolute atomic E-state index is 0.139. The van der Waals surface area contributed by atoms with Gasteiger partial charge in [0.2, 0.25) is 5.91 Å². The number of likely N-dealkylation sites (N-methyl/N-ethyl adjacent to an activating group) is 1. The Kier molecular flexibility index (Phi) is 4.51. The van der Waals surface area contributed by atoms with E-state index in [1.807, 2.05) is 12.3 Å². The summed E-state index contributed by atoms with van der Waals surface area (Å²) in [4.78, 5) is 32.4. The molecule has 0 fully saturated rings. The van der Waals surface area contributed by atoms with Crippen LogP contribution in [0.3, 0.4) is 0 Å². The van der Waals surface area contributed by atoms with Crippen LogP contribution in [0.1, 0.15) is 25.6 Å². The van der Waals surface area contributed by atoms with E-state index in [0.29, 0.717) is 22.5 Å². The first-order chi connectivity index (χ1) is 9.52. The number of carbonyl (C=O) groups is 1. The molecule has 20 heavy (non-hydrogen) atoms. The number of nitrogens with two attached hydrogens (primary N) is 1. The number of amides is 1. The van der Waals surface area contributed by atoms with E-state index in [4.69, 9.17) is 5.73 Å². The third kappa shape index (κ3) is 3.05. The van der Waals surface area contributed by atoms with Crippen LogP contribution in [0.2, 0.25) is 0 Å². The Hall–Kier alpha value is -1.73. The molecule has 1 amide bonds. The maximum Gasteiger partial charge on any atom is 0.268 e. The Morgan fingerprint density at radius 3 is 3.05 bits per heavy atom. The number of nitrogens with zero attached hydrogens (tertiary/aromatic N) is 2. The average molecular weight is 294 g/mol. The van der Waals surface area contributed by atoms with Crippen molar-refractivity contribution in [2.45, 2.75) is 32.4 Å². The summed E-state index contributed by atoms with van der Waals surface area (Å²) in [5.74, 6) is 0.334. The van der Waals surface area contributed by atoms with Crippen molar-refractivity contribution in [1.29, 1.82) is 0 Å². The largest absolute Gasteiger partial charge is 0.337 e. The van der Waals surface area contributed by atoms with E-state index >= 15 is 0 Å². The molecule has 0 radical (unpaired) electrons. The normalized spacial score (nSPS) is 12.6. The van der Waals surface area contributed by atoms with Crippen LogP contribution in [-0.4, -0.2) is 33.9 Å². The van der Waals surface area contributed by atoms with E-state index in [1.165, 1.54) is 16.2 Å². The van der Waals surface area contributed by atoms with Crippen molar-refractivity contribution in [3.8, 4) is 0 Å². The molecule has 0 aliphatic heterocycles. The molecule has 108 valence electrons. The summed E-state index contributed by atoms with van der Waals surface area (Å²) in [6, 6.07) is 1.30. The summed E-state index contributed by atoms with van der Waals surface area (Å²) in [5.41, 5.74) is 6.30. The summed E-state index contributed by atoms with van der Waals surface area (Å²) in [7, 11) is 1.66. The summed E-state index contributed by atoms with van der Waals surface area (Å²) in [5, 5.41) is 1.82. The minimum atomic E-state index is -0.499. The number of hydrogen-bond acceptors (Lipinski definition) is 5. The van der Waals surface area contributed by atoms with Gasteiger partial charge in [0.15, 0.2) is 0 Å². The van der Waals surface area contributed by atoms with Crippen LogP contribution >= 0.6 is 11.3 Å². The predicted molar refractivity (Wildman–Crippen MR) is 79.6 cm³/mol. The molecule has 0 aromatic carbocycles.